The van der Waals surface area contributed by atoms with Crippen LogP contribution in [0.4, 0.5) is 11.4 Å². The Balaban J connectivity index is 1.64. The molecule has 0 spiro atoms. The SMILES string of the molecule is C/C(=N/Nc1ccccc1)c1ccc(NC(=O)c2ccco2)cc1. The van der Waals surface area contributed by atoms with Crippen LogP contribution in [0.1, 0.15) is 23.0 Å². The highest BCUT2D eigenvalue weighted by Gasteiger charge is 2.08. The maximum absolute atomic E-state index is 11.9. The van der Waals surface area contributed by atoms with Crippen LogP contribution in [-0.2, 0) is 0 Å². The maximum Gasteiger partial charge on any atom is 0.291 e. The van der Waals surface area contributed by atoms with Crippen molar-refractivity contribution in [2.45, 2.75) is 6.92 Å². The van der Waals surface area contributed by atoms with Gasteiger partial charge in [0.1, 0.15) is 0 Å². The average molecular weight is 319 g/mol. The smallest absolute Gasteiger partial charge is 0.291 e. The highest BCUT2D eigenvalue weighted by molar-refractivity contribution is 6.03. The summed E-state index contributed by atoms with van der Waals surface area (Å²) in [6, 6.07) is 20.5. The molecule has 2 aromatic carbocycles. The van der Waals surface area contributed by atoms with E-state index in [0.29, 0.717) is 5.69 Å². The molecule has 5 heteroatoms. The van der Waals surface area contributed by atoms with Crippen molar-refractivity contribution < 1.29 is 9.21 Å². The number of amides is 1. The molecule has 1 amide bonds. The summed E-state index contributed by atoms with van der Waals surface area (Å²) >= 11 is 0. The minimum Gasteiger partial charge on any atom is -0.459 e. The fourth-order valence-corrected chi connectivity index (χ4v) is 2.12. The fourth-order valence-electron chi connectivity index (χ4n) is 2.12. The predicted molar refractivity (Wildman–Crippen MR) is 95.4 cm³/mol. The number of benzene rings is 2. The highest BCUT2D eigenvalue weighted by Crippen LogP contribution is 2.13. The molecule has 120 valence electrons. The molecule has 0 saturated carbocycles. The van der Waals surface area contributed by atoms with Crippen molar-refractivity contribution in [3.05, 3.63) is 84.3 Å². The Morgan fingerprint density at radius 2 is 1.67 bits per heavy atom. The highest BCUT2D eigenvalue weighted by atomic mass is 16.3. The lowest BCUT2D eigenvalue weighted by atomic mass is 10.1. The van der Waals surface area contributed by atoms with Crippen LogP contribution in [0.25, 0.3) is 0 Å². The van der Waals surface area contributed by atoms with Crippen LogP contribution in [-0.4, -0.2) is 11.6 Å². The number of nitrogens with one attached hydrogen (secondary N) is 2. The molecule has 0 aliphatic heterocycles. The molecular formula is C19H17N3O2. The van der Waals surface area contributed by atoms with Crippen molar-refractivity contribution in [1.82, 2.24) is 0 Å². The van der Waals surface area contributed by atoms with Gasteiger partial charge in [0.15, 0.2) is 5.76 Å². The summed E-state index contributed by atoms with van der Waals surface area (Å²) in [5.41, 5.74) is 6.46. The lowest BCUT2D eigenvalue weighted by Crippen LogP contribution is -2.10. The third-order valence-corrected chi connectivity index (χ3v) is 3.43. The molecule has 0 fully saturated rings. The van der Waals surface area contributed by atoms with Crippen LogP contribution in [0.2, 0.25) is 0 Å². The van der Waals surface area contributed by atoms with Crippen LogP contribution in [0.3, 0.4) is 0 Å². The Morgan fingerprint density at radius 1 is 0.917 bits per heavy atom. The lowest BCUT2D eigenvalue weighted by molar-refractivity contribution is 0.0996. The van der Waals surface area contributed by atoms with Crippen LogP contribution in [0, 0.1) is 0 Å². The zero-order chi connectivity index (χ0) is 16.8. The predicted octanol–water partition coefficient (Wildman–Crippen LogP) is 4.37. The molecule has 0 aliphatic rings. The second-order valence-corrected chi connectivity index (χ2v) is 5.18. The van der Waals surface area contributed by atoms with Gasteiger partial charge in [-0.3, -0.25) is 10.2 Å². The number of hydrogen-bond donors (Lipinski definition) is 2. The lowest BCUT2D eigenvalue weighted by Gasteiger charge is -2.06. The van der Waals surface area contributed by atoms with Gasteiger partial charge in [-0.1, -0.05) is 30.3 Å². The normalized spacial score (nSPS) is 11.1. The summed E-state index contributed by atoms with van der Waals surface area (Å²) in [5, 5.41) is 7.14. The molecule has 24 heavy (non-hydrogen) atoms. The number of para-hydroxylation sites is 1. The summed E-state index contributed by atoms with van der Waals surface area (Å²) < 4.78 is 5.06. The standard InChI is InChI=1S/C19H17N3O2/c1-14(21-22-17-6-3-2-4-7-17)15-9-11-16(12-10-15)20-19(23)18-8-5-13-24-18/h2-13,22H,1H3,(H,20,23)/b21-14-. The van der Waals surface area contributed by atoms with Gasteiger partial charge in [0.05, 0.1) is 17.7 Å². The van der Waals surface area contributed by atoms with Gasteiger partial charge in [-0.25, -0.2) is 0 Å². The van der Waals surface area contributed by atoms with E-state index in [9.17, 15) is 4.79 Å². The van der Waals surface area contributed by atoms with Crippen molar-refractivity contribution in [2.24, 2.45) is 5.10 Å². The maximum atomic E-state index is 11.9. The van der Waals surface area contributed by atoms with E-state index in [-0.39, 0.29) is 11.7 Å². The van der Waals surface area contributed by atoms with E-state index in [1.807, 2.05) is 61.5 Å². The van der Waals surface area contributed by atoms with Crippen LogP contribution < -0.4 is 10.7 Å². The van der Waals surface area contributed by atoms with E-state index >= 15 is 0 Å². The second kappa shape index (κ2) is 7.28. The number of hydrazone groups is 1. The topological polar surface area (TPSA) is 66.6 Å². The van der Waals surface area contributed by atoms with Crippen molar-refractivity contribution in [1.29, 1.82) is 0 Å². The fraction of sp³-hybridized carbons (Fsp3) is 0.0526. The van der Waals surface area contributed by atoms with Crippen LogP contribution in [0.15, 0.2) is 82.5 Å². The van der Waals surface area contributed by atoms with Gasteiger partial charge in [0.25, 0.3) is 5.91 Å². The minimum atomic E-state index is -0.274. The number of rotatable bonds is 5. The first-order valence-electron chi connectivity index (χ1n) is 7.53. The molecule has 0 unspecified atom stereocenters. The molecule has 2 N–H and O–H groups in total. The molecule has 0 atom stereocenters. The minimum absolute atomic E-state index is 0.274. The number of anilines is 2. The Morgan fingerprint density at radius 3 is 2.33 bits per heavy atom. The molecule has 0 bridgehead atoms. The van der Waals surface area contributed by atoms with Gasteiger partial charge in [-0.2, -0.15) is 5.10 Å². The van der Waals surface area contributed by atoms with E-state index < -0.39 is 0 Å². The van der Waals surface area contributed by atoms with Gasteiger partial charge >= 0.3 is 0 Å². The van der Waals surface area contributed by atoms with E-state index in [0.717, 1.165) is 17.0 Å². The van der Waals surface area contributed by atoms with Gasteiger partial charge in [0, 0.05) is 5.69 Å². The van der Waals surface area contributed by atoms with Crippen LogP contribution >= 0.6 is 0 Å². The summed E-state index contributed by atoms with van der Waals surface area (Å²) in [6.45, 7) is 1.92. The number of furan rings is 1. The van der Waals surface area contributed by atoms with E-state index in [4.69, 9.17) is 4.42 Å². The molecule has 0 saturated heterocycles. The Hall–Kier alpha value is -3.34. The van der Waals surface area contributed by atoms with E-state index in [1.165, 1.54) is 6.26 Å². The summed E-state index contributed by atoms with van der Waals surface area (Å²) in [6.07, 6.45) is 1.47. The average Bonchev–Trinajstić information content (AvgIpc) is 3.16. The third-order valence-electron chi connectivity index (χ3n) is 3.43. The Labute approximate surface area is 140 Å². The molecule has 1 heterocycles. The zero-order valence-corrected chi connectivity index (χ0v) is 13.2. The number of carbonyl (C=O) groups is 1. The van der Waals surface area contributed by atoms with E-state index in [1.54, 1.807) is 12.1 Å². The largest absolute Gasteiger partial charge is 0.459 e. The zero-order valence-electron chi connectivity index (χ0n) is 13.2. The Bertz CT molecular complexity index is 823. The van der Waals surface area contributed by atoms with Gasteiger partial charge < -0.3 is 9.73 Å². The second-order valence-electron chi connectivity index (χ2n) is 5.18. The molecule has 5 nitrogen and oxygen atoms in total. The first-order chi connectivity index (χ1) is 11.7. The molecule has 0 aliphatic carbocycles. The number of hydrogen-bond acceptors (Lipinski definition) is 4. The van der Waals surface area contributed by atoms with Crippen molar-refractivity contribution in [3.63, 3.8) is 0 Å². The van der Waals surface area contributed by atoms with Crippen molar-refractivity contribution in [3.8, 4) is 0 Å². The van der Waals surface area contributed by atoms with Crippen molar-refractivity contribution >= 4 is 23.0 Å². The molecule has 1 aromatic heterocycles. The summed E-state index contributed by atoms with van der Waals surface area (Å²) in [4.78, 5) is 11.9. The van der Waals surface area contributed by atoms with Crippen LogP contribution in [0.5, 0.6) is 0 Å². The molecular weight excluding hydrogens is 302 g/mol. The first kappa shape index (κ1) is 15.6. The molecule has 3 rings (SSSR count). The third kappa shape index (κ3) is 3.89. The van der Waals surface area contributed by atoms with Gasteiger partial charge in [-0.15, -0.1) is 0 Å². The van der Waals surface area contributed by atoms with Gasteiger partial charge in [-0.05, 0) is 48.9 Å². The quantitative estimate of drug-likeness (QED) is 0.542. The monoisotopic (exact) mass is 319 g/mol. The number of carbonyl (C=O) groups excluding carboxylic acids is 1. The first-order valence-corrected chi connectivity index (χ1v) is 7.53. The molecule has 3 aromatic rings. The van der Waals surface area contributed by atoms with Gasteiger partial charge in [0.2, 0.25) is 0 Å². The molecule has 0 radical (unpaired) electrons. The summed E-state index contributed by atoms with van der Waals surface area (Å²) in [7, 11) is 0. The van der Waals surface area contributed by atoms with E-state index in [2.05, 4.69) is 15.8 Å². The number of nitrogens with zero attached hydrogens (tertiary/aromatic N) is 1. The Kier molecular flexibility index (Phi) is 4.72. The summed E-state index contributed by atoms with van der Waals surface area (Å²) in [5.74, 6) is 0.00719. The van der Waals surface area contributed by atoms with Crippen molar-refractivity contribution in [2.75, 3.05) is 10.7 Å².